The van der Waals surface area contributed by atoms with Crippen LogP contribution in [0.25, 0.3) is 0 Å². The number of hydrogen-bond acceptors (Lipinski definition) is 2. The van der Waals surface area contributed by atoms with Gasteiger partial charge in [0.15, 0.2) is 0 Å². The molecule has 0 aromatic heterocycles. The van der Waals surface area contributed by atoms with E-state index >= 15 is 0 Å². The SMILES string of the molecule is C[C@@](N)(c1ccccc1F)C1CC(F)(F)C[C@H]1O. The van der Waals surface area contributed by atoms with Crippen LogP contribution in [-0.2, 0) is 5.54 Å². The largest absolute Gasteiger partial charge is 0.393 e. The second kappa shape index (κ2) is 4.24. The van der Waals surface area contributed by atoms with Crippen LogP contribution in [0.4, 0.5) is 13.2 Å². The smallest absolute Gasteiger partial charge is 0.251 e. The summed E-state index contributed by atoms with van der Waals surface area (Å²) in [6, 6.07) is 5.82. The highest BCUT2D eigenvalue weighted by Gasteiger charge is 2.52. The lowest BCUT2D eigenvalue weighted by molar-refractivity contribution is -0.00446. The molecule has 0 radical (unpaired) electrons. The van der Waals surface area contributed by atoms with Crippen molar-refractivity contribution in [3.8, 4) is 0 Å². The van der Waals surface area contributed by atoms with Crippen molar-refractivity contribution in [2.45, 2.75) is 37.3 Å². The molecule has 1 unspecified atom stereocenters. The van der Waals surface area contributed by atoms with Gasteiger partial charge in [0.2, 0.25) is 0 Å². The molecule has 3 N–H and O–H groups in total. The fraction of sp³-hybridized carbons (Fsp3) is 0.538. The topological polar surface area (TPSA) is 46.2 Å². The molecule has 2 rings (SSSR count). The van der Waals surface area contributed by atoms with Crippen molar-refractivity contribution in [3.05, 3.63) is 35.6 Å². The van der Waals surface area contributed by atoms with Crippen LogP contribution in [0.15, 0.2) is 24.3 Å². The van der Waals surface area contributed by atoms with Crippen molar-refractivity contribution in [2.24, 2.45) is 11.7 Å². The number of aliphatic hydroxyl groups excluding tert-OH is 1. The lowest BCUT2D eigenvalue weighted by Crippen LogP contribution is -2.45. The lowest BCUT2D eigenvalue weighted by Gasteiger charge is -2.34. The number of nitrogens with two attached hydrogens (primary N) is 1. The Labute approximate surface area is 104 Å². The number of aliphatic hydroxyl groups is 1. The quantitative estimate of drug-likeness (QED) is 0.856. The molecule has 1 fully saturated rings. The summed E-state index contributed by atoms with van der Waals surface area (Å²) in [6.07, 6.45) is -2.34. The van der Waals surface area contributed by atoms with Gasteiger partial charge in [-0.2, -0.15) is 0 Å². The van der Waals surface area contributed by atoms with E-state index in [4.69, 9.17) is 5.73 Å². The van der Waals surface area contributed by atoms with Crippen molar-refractivity contribution in [3.63, 3.8) is 0 Å². The van der Waals surface area contributed by atoms with E-state index in [9.17, 15) is 18.3 Å². The first-order valence-electron chi connectivity index (χ1n) is 5.84. The van der Waals surface area contributed by atoms with Gasteiger partial charge in [-0.1, -0.05) is 18.2 Å². The molecule has 18 heavy (non-hydrogen) atoms. The summed E-state index contributed by atoms with van der Waals surface area (Å²) in [4.78, 5) is 0. The zero-order valence-electron chi connectivity index (χ0n) is 10.0. The molecule has 0 heterocycles. The normalized spacial score (nSPS) is 30.1. The van der Waals surface area contributed by atoms with Gasteiger partial charge in [-0.3, -0.25) is 0 Å². The van der Waals surface area contributed by atoms with Crippen molar-refractivity contribution in [2.75, 3.05) is 0 Å². The van der Waals surface area contributed by atoms with Crippen LogP contribution in [0.5, 0.6) is 0 Å². The third-order valence-corrected chi connectivity index (χ3v) is 3.72. The van der Waals surface area contributed by atoms with Crippen LogP contribution in [0.2, 0.25) is 0 Å². The first kappa shape index (κ1) is 13.4. The Hall–Kier alpha value is -1.07. The van der Waals surface area contributed by atoms with E-state index in [0.717, 1.165) is 0 Å². The van der Waals surface area contributed by atoms with Gasteiger partial charge in [0.1, 0.15) is 5.82 Å². The average Bonchev–Trinajstić information content (AvgIpc) is 2.53. The number of hydrogen-bond donors (Lipinski definition) is 2. The predicted octanol–water partition coefficient (Wildman–Crippen LogP) is 2.41. The Morgan fingerprint density at radius 1 is 1.33 bits per heavy atom. The standard InChI is InChI=1S/C13H16F3NO/c1-12(17,8-4-2-3-5-10(8)14)9-6-13(15,16)7-11(9)18/h2-5,9,11,18H,6-7,17H2,1H3/t9?,11-,12-/m1/s1. The molecule has 100 valence electrons. The Morgan fingerprint density at radius 2 is 1.94 bits per heavy atom. The van der Waals surface area contributed by atoms with Crippen LogP contribution < -0.4 is 5.73 Å². The number of alkyl halides is 2. The number of rotatable bonds is 2. The lowest BCUT2D eigenvalue weighted by atomic mass is 9.78. The van der Waals surface area contributed by atoms with Crippen LogP contribution in [0, 0.1) is 11.7 Å². The molecule has 0 saturated heterocycles. The van der Waals surface area contributed by atoms with E-state index < -0.39 is 42.1 Å². The van der Waals surface area contributed by atoms with E-state index in [0.29, 0.717) is 0 Å². The van der Waals surface area contributed by atoms with Gasteiger partial charge < -0.3 is 10.8 Å². The zero-order valence-corrected chi connectivity index (χ0v) is 10.0. The van der Waals surface area contributed by atoms with Crippen LogP contribution in [-0.4, -0.2) is 17.1 Å². The van der Waals surface area contributed by atoms with E-state index in [1.165, 1.54) is 25.1 Å². The first-order valence-corrected chi connectivity index (χ1v) is 5.84. The molecule has 5 heteroatoms. The average molecular weight is 259 g/mol. The molecule has 3 atom stereocenters. The third kappa shape index (κ3) is 2.24. The molecule has 1 saturated carbocycles. The second-order valence-corrected chi connectivity index (χ2v) is 5.20. The van der Waals surface area contributed by atoms with Crippen LogP contribution in [0.3, 0.4) is 0 Å². The summed E-state index contributed by atoms with van der Waals surface area (Å²) < 4.78 is 40.3. The minimum absolute atomic E-state index is 0.159. The summed E-state index contributed by atoms with van der Waals surface area (Å²) in [6.45, 7) is 1.49. The van der Waals surface area contributed by atoms with Crippen molar-refractivity contribution >= 4 is 0 Å². The molecule has 1 aromatic rings. The van der Waals surface area contributed by atoms with E-state index in [-0.39, 0.29) is 5.56 Å². The molecule has 1 aliphatic carbocycles. The molecular formula is C13H16F3NO. The fourth-order valence-electron chi connectivity index (χ4n) is 2.70. The van der Waals surface area contributed by atoms with Crippen molar-refractivity contribution in [1.82, 2.24) is 0 Å². The van der Waals surface area contributed by atoms with Gasteiger partial charge in [-0.15, -0.1) is 0 Å². The first-order chi connectivity index (χ1) is 8.24. The fourth-order valence-corrected chi connectivity index (χ4v) is 2.70. The highest BCUT2D eigenvalue weighted by atomic mass is 19.3. The zero-order chi connectivity index (χ0) is 13.6. The van der Waals surface area contributed by atoms with Gasteiger partial charge in [0.05, 0.1) is 6.10 Å². The maximum absolute atomic E-state index is 13.7. The summed E-state index contributed by atoms with van der Waals surface area (Å²) in [7, 11) is 0. The predicted molar refractivity (Wildman–Crippen MR) is 61.6 cm³/mol. The Morgan fingerprint density at radius 3 is 2.44 bits per heavy atom. The summed E-state index contributed by atoms with van der Waals surface area (Å²) in [5.74, 6) is -4.33. The molecular weight excluding hydrogens is 243 g/mol. The van der Waals surface area contributed by atoms with Gasteiger partial charge >= 0.3 is 0 Å². The van der Waals surface area contributed by atoms with Gasteiger partial charge in [0.25, 0.3) is 5.92 Å². The molecule has 1 aliphatic rings. The summed E-state index contributed by atoms with van der Waals surface area (Å²) in [5, 5.41) is 9.73. The Bertz CT molecular complexity index is 448. The van der Waals surface area contributed by atoms with Gasteiger partial charge in [0, 0.05) is 29.9 Å². The van der Waals surface area contributed by atoms with Crippen molar-refractivity contribution in [1.29, 1.82) is 0 Å². The minimum Gasteiger partial charge on any atom is -0.393 e. The molecule has 0 aliphatic heterocycles. The van der Waals surface area contributed by atoms with Crippen LogP contribution >= 0.6 is 0 Å². The highest BCUT2D eigenvalue weighted by Crippen LogP contribution is 2.46. The molecule has 0 bridgehead atoms. The summed E-state index contributed by atoms with van der Waals surface area (Å²) >= 11 is 0. The number of halogens is 3. The highest BCUT2D eigenvalue weighted by molar-refractivity contribution is 5.27. The summed E-state index contributed by atoms with van der Waals surface area (Å²) in [5.41, 5.74) is 4.87. The van der Waals surface area contributed by atoms with Crippen LogP contribution in [0.1, 0.15) is 25.3 Å². The molecule has 2 nitrogen and oxygen atoms in total. The van der Waals surface area contributed by atoms with Gasteiger partial charge in [-0.25, -0.2) is 13.2 Å². The Kier molecular flexibility index (Phi) is 3.15. The molecule has 0 spiro atoms. The maximum atomic E-state index is 13.7. The van der Waals surface area contributed by atoms with E-state index in [1.807, 2.05) is 0 Å². The Balaban J connectivity index is 2.35. The number of benzene rings is 1. The van der Waals surface area contributed by atoms with Gasteiger partial charge in [-0.05, 0) is 13.0 Å². The van der Waals surface area contributed by atoms with Crippen molar-refractivity contribution < 1.29 is 18.3 Å². The van der Waals surface area contributed by atoms with E-state index in [1.54, 1.807) is 6.07 Å². The third-order valence-electron chi connectivity index (χ3n) is 3.72. The van der Waals surface area contributed by atoms with E-state index in [2.05, 4.69) is 0 Å². The minimum atomic E-state index is -2.93. The molecule has 1 aromatic carbocycles. The second-order valence-electron chi connectivity index (χ2n) is 5.20. The maximum Gasteiger partial charge on any atom is 0.251 e. The molecule has 0 amide bonds. The monoisotopic (exact) mass is 259 g/mol.